The predicted octanol–water partition coefficient (Wildman–Crippen LogP) is 4.24. The third-order valence-electron chi connectivity index (χ3n) is 2.91. The molecule has 0 saturated heterocycles. The van der Waals surface area contributed by atoms with Crippen molar-refractivity contribution in [1.29, 1.82) is 0 Å². The number of benzene rings is 1. The largest absolute Gasteiger partial charge is 0.296 e. The molecule has 0 spiro atoms. The van der Waals surface area contributed by atoms with Crippen molar-refractivity contribution < 1.29 is 9.72 Å². The van der Waals surface area contributed by atoms with Crippen molar-refractivity contribution in [3.63, 3.8) is 0 Å². The summed E-state index contributed by atoms with van der Waals surface area (Å²) in [4.78, 5) is 22.4. The monoisotopic (exact) mass is 372 g/mol. The fraction of sp³-hybridized carbons (Fsp3) is 0.308. The fourth-order valence-electron chi connectivity index (χ4n) is 1.53. The van der Waals surface area contributed by atoms with Gasteiger partial charge in [0.05, 0.1) is 15.5 Å². The lowest BCUT2D eigenvalue weighted by Crippen LogP contribution is -2.12. The number of carbonyl (C=O) groups is 1. The van der Waals surface area contributed by atoms with Gasteiger partial charge < -0.3 is 0 Å². The molecule has 1 aromatic heterocycles. The van der Waals surface area contributed by atoms with E-state index >= 15 is 0 Å². The molecule has 0 aliphatic heterocycles. The second kappa shape index (κ2) is 7.71. The van der Waals surface area contributed by atoms with E-state index in [-0.39, 0.29) is 16.3 Å². The van der Waals surface area contributed by atoms with Gasteiger partial charge >= 0.3 is 0 Å². The lowest BCUT2D eigenvalue weighted by Gasteiger charge is -2.04. The smallest absolute Gasteiger partial charge is 0.270 e. The van der Waals surface area contributed by atoms with Crippen molar-refractivity contribution in [2.24, 2.45) is 0 Å². The second-order valence-electron chi connectivity index (χ2n) is 4.59. The minimum Gasteiger partial charge on any atom is -0.296 e. The van der Waals surface area contributed by atoms with Gasteiger partial charge in [0.15, 0.2) is 4.34 Å². The van der Waals surface area contributed by atoms with Gasteiger partial charge in [0.1, 0.15) is 0 Å². The molecule has 2 rings (SSSR count). The number of rotatable bonds is 6. The standard InChI is InChI=1S/C13H13ClN4O3S2/c1-3-7(2)22-13-17-16-12(23-13)15-11(19)9-6-8(18(20)21)4-5-10(9)14/h4-7H,3H2,1-2H3,(H,15,16,19). The zero-order chi connectivity index (χ0) is 17.0. The van der Waals surface area contributed by atoms with Crippen molar-refractivity contribution in [2.45, 2.75) is 29.9 Å². The van der Waals surface area contributed by atoms with Gasteiger partial charge in [-0.25, -0.2) is 0 Å². The Labute approximate surface area is 145 Å². The molecular weight excluding hydrogens is 360 g/mol. The van der Waals surface area contributed by atoms with E-state index in [1.54, 1.807) is 11.8 Å². The SMILES string of the molecule is CCC(C)Sc1nnc(NC(=O)c2cc([N+](=O)[O-])ccc2Cl)s1. The number of hydrogen-bond acceptors (Lipinski definition) is 7. The second-order valence-corrected chi connectivity index (χ2v) is 7.66. The zero-order valence-electron chi connectivity index (χ0n) is 12.3. The van der Waals surface area contributed by atoms with Crippen molar-refractivity contribution in [1.82, 2.24) is 10.2 Å². The van der Waals surface area contributed by atoms with Gasteiger partial charge in [-0.05, 0) is 12.5 Å². The number of carbonyl (C=O) groups excluding carboxylic acids is 1. The summed E-state index contributed by atoms with van der Waals surface area (Å²) in [6.07, 6.45) is 0.995. The molecule has 0 aliphatic carbocycles. The number of anilines is 1. The summed E-state index contributed by atoms with van der Waals surface area (Å²) < 4.78 is 0.750. The molecule has 2 aromatic rings. The molecule has 1 N–H and O–H groups in total. The highest BCUT2D eigenvalue weighted by Gasteiger charge is 2.18. The summed E-state index contributed by atoms with van der Waals surface area (Å²) in [5, 5.41) is 22.1. The number of nitrogens with zero attached hydrogens (tertiary/aromatic N) is 3. The first-order valence-corrected chi connectivity index (χ1v) is 8.73. The molecule has 1 atom stereocenters. The van der Waals surface area contributed by atoms with Crippen molar-refractivity contribution >= 4 is 51.4 Å². The Bertz CT molecular complexity index is 738. The predicted molar refractivity (Wildman–Crippen MR) is 91.6 cm³/mol. The van der Waals surface area contributed by atoms with Crippen LogP contribution in [0.3, 0.4) is 0 Å². The maximum absolute atomic E-state index is 12.2. The molecule has 0 bridgehead atoms. The van der Waals surface area contributed by atoms with Crippen LogP contribution in [0.2, 0.25) is 5.02 Å². The Morgan fingerprint density at radius 2 is 2.26 bits per heavy atom. The highest BCUT2D eigenvalue weighted by molar-refractivity contribution is 8.01. The van der Waals surface area contributed by atoms with Crippen LogP contribution in [0.4, 0.5) is 10.8 Å². The van der Waals surface area contributed by atoms with Crippen LogP contribution in [0.15, 0.2) is 22.5 Å². The van der Waals surface area contributed by atoms with Gasteiger partial charge in [-0.1, -0.05) is 48.5 Å². The summed E-state index contributed by atoms with van der Waals surface area (Å²) in [6.45, 7) is 4.15. The lowest BCUT2D eigenvalue weighted by molar-refractivity contribution is -0.384. The molecule has 1 aromatic carbocycles. The Kier molecular flexibility index (Phi) is 5.91. The third kappa shape index (κ3) is 4.63. The third-order valence-corrected chi connectivity index (χ3v) is 5.43. The van der Waals surface area contributed by atoms with Crippen molar-refractivity contribution in [2.75, 3.05) is 5.32 Å². The normalized spacial score (nSPS) is 12.0. The van der Waals surface area contributed by atoms with Crippen LogP contribution < -0.4 is 5.32 Å². The molecule has 23 heavy (non-hydrogen) atoms. The van der Waals surface area contributed by atoms with Crippen LogP contribution in [0.25, 0.3) is 0 Å². The van der Waals surface area contributed by atoms with E-state index in [0.29, 0.717) is 10.4 Å². The van der Waals surface area contributed by atoms with E-state index in [2.05, 4.69) is 29.4 Å². The number of thioether (sulfide) groups is 1. The average molecular weight is 373 g/mol. The summed E-state index contributed by atoms with van der Waals surface area (Å²) in [5.41, 5.74) is -0.183. The molecule has 1 heterocycles. The number of halogens is 1. The zero-order valence-corrected chi connectivity index (χ0v) is 14.7. The van der Waals surface area contributed by atoms with Gasteiger partial charge in [-0.15, -0.1) is 10.2 Å². The number of hydrogen-bond donors (Lipinski definition) is 1. The van der Waals surface area contributed by atoms with E-state index in [1.807, 2.05) is 0 Å². The topological polar surface area (TPSA) is 98.0 Å². The van der Waals surface area contributed by atoms with Gasteiger partial charge in [-0.2, -0.15) is 0 Å². The van der Waals surface area contributed by atoms with Crippen molar-refractivity contribution in [3.05, 3.63) is 38.9 Å². The van der Waals surface area contributed by atoms with Crippen LogP contribution >= 0.6 is 34.7 Å². The summed E-state index contributed by atoms with van der Waals surface area (Å²) in [7, 11) is 0. The van der Waals surface area contributed by atoms with E-state index in [0.717, 1.165) is 16.8 Å². The maximum Gasteiger partial charge on any atom is 0.270 e. The summed E-state index contributed by atoms with van der Waals surface area (Å²) >= 11 is 8.76. The highest BCUT2D eigenvalue weighted by Crippen LogP contribution is 2.30. The van der Waals surface area contributed by atoms with Crippen LogP contribution in [0.5, 0.6) is 0 Å². The molecule has 1 amide bonds. The number of non-ortho nitro benzene ring substituents is 1. The molecule has 10 heteroatoms. The van der Waals surface area contributed by atoms with E-state index < -0.39 is 10.8 Å². The minimum atomic E-state index is -0.584. The average Bonchev–Trinajstić information content (AvgIpc) is 2.94. The number of aromatic nitrogens is 2. The minimum absolute atomic E-state index is 0.0206. The molecule has 7 nitrogen and oxygen atoms in total. The van der Waals surface area contributed by atoms with Gasteiger partial charge in [-0.3, -0.25) is 20.2 Å². The summed E-state index contributed by atoms with van der Waals surface area (Å²) in [5.74, 6) is -0.560. The maximum atomic E-state index is 12.2. The van der Waals surface area contributed by atoms with Gasteiger partial charge in [0.2, 0.25) is 5.13 Å². The Balaban J connectivity index is 2.13. The number of nitro benzene ring substituents is 1. The molecular formula is C13H13ClN4O3S2. The molecule has 1 unspecified atom stereocenters. The lowest BCUT2D eigenvalue weighted by atomic mass is 10.2. The number of amides is 1. The number of nitro groups is 1. The quantitative estimate of drug-likeness (QED) is 0.352. The Hall–Kier alpha value is -1.71. The molecule has 0 aliphatic rings. The van der Waals surface area contributed by atoms with E-state index in [1.165, 1.54) is 23.5 Å². The van der Waals surface area contributed by atoms with Crippen LogP contribution in [0.1, 0.15) is 30.6 Å². The van der Waals surface area contributed by atoms with Crippen LogP contribution in [-0.4, -0.2) is 26.3 Å². The molecule has 0 saturated carbocycles. The molecule has 122 valence electrons. The van der Waals surface area contributed by atoms with Gasteiger partial charge in [0.25, 0.3) is 11.6 Å². The first kappa shape index (κ1) is 17.6. The first-order chi connectivity index (χ1) is 10.9. The Morgan fingerprint density at radius 3 is 2.91 bits per heavy atom. The van der Waals surface area contributed by atoms with Crippen LogP contribution in [0, 0.1) is 10.1 Å². The van der Waals surface area contributed by atoms with Gasteiger partial charge in [0, 0.05) is 17.4 Å². The highest BCUT2D eigenvalue weighted by atomic mass is 35.5. The van der Waals surface area contributed by atoms with E-state index in [4.69, 9.17) is 11.6 Å². The fourth-order valence-corrected chi connectivity index (χ4v) is 3.73. The molecule has 0 fully saturated rings. The summed E-state index contributed by atoms with van der Waals surface area (Å²) in [6, 6.07) is 3.69. The van der Waals surface area contributed by atoms with Crippen LogP contribution in [-0.2, 0) is 0 Å². The number of nitrogens with one attached hydrogen (secondary N) is 1. The van der Waals surface area contributed by atoms with Crippen molar-refractivity contribution in [3.8, 4) is 0 Å². The first-order valence-electron chi connectivity index (χ1n) is 6.66. The Morgan fingerprint density at radius 1 is 1.52 bits per heavy atom. The molecule has 0 radical (unpaired) electrons. The van der Waals surface area contributed by atoms with E-state index in [9.17, 15) is 14.9 Å².